The second kappa shape index (κ2) is 7.21. The van der Waals surface area contributed by atoms with Crippen molar-refractivity contribution in [3.63, 3.8) is 0 Å². The zero-order chi connectivity index (χ0) is 13.5. The minimum atomic E-state index is 0.271. The van der Waals surface area contributed by atoms with Gasteiger partial charge >= 0.3 is 0 Å². The van der Waals surface area contributed by atoms with Crippen molar-refractivity contribution in [2.45, 2.75) is 6.42 Å². The molecular formula is C14H19N3OS. The zero-order valence-corrected chi connectivity index (χ0v) is 11.6. The van der Waals surface area contributed by atoms with Crippen molar-refractivity contribution in [2.75, 3.05) is 35.7 Å². The Balaban J connectivity index is 1.96. The van der Waals surface area contributed by atoms with Crippen LogP contribution in [0.2, 0.25) is 0 Å². The number of anilines is 2. The Morgan fingerprint density at radius 1 is 1.26 bits per heavy atom. The van der Waals surface area contributed by atoms with E-state index >= 15 is 0 Å². The standard InChI is InChI=1S/C14H19N3OS/c15-12-4-5-13(14-11(12)3-1-6-17-14)16-7-10-19-9-2-8-18/h1,3-6,16,18H,2,7-10,15H2. The van der Waals surface area contributed by atoms with Crippen LogP contribution in [-0.2, 0) is 0 Å². The number of thioether (sulfide) groups is 1. The maximum Gasteiger partial charge on any atom is 0.0953 e. The van der Waals surface area contributed by atoms with E-state index in [0.717, 1.165) is 46.7 Å². The van der Waals surface area contributed by atoms with Gasteiger partial charge in [-0.25, -0.2) is 0 Å². The first-order valence-corrected chi connectivity index (χ1v) is 7.54. The van der Waals surface area contributed by atoms with Crippen LogP contribution in [0.4, 0.5) is 11.4 Å². The molecule has 0 radical (unpaired) electrons. The summed E-state index contributed by atoms with van der Waals surface area (Å²) in [6.07, 6.45) is 2.64. The molecule has 0 saturated heterocycles. The molecule has 1 aromatic heterocycles. The van der Waals surface area contributed by atoms with E-state index in [1.165, 1.54) is 0 Å². The Morgan fingerprint density at radius 3 is 3.00 bits per heavy atom. The topological polar surface area (TPSA) is 71.2 Å². The third-order valence-electron chi connectivity index (χ3n) is 2.81. The van der Waals surface area contributed by atoms with Gasteiger partial charge in [-0.1, -0.05) is 0 Å². The lowest BCUT2D eigenvalue weighted by Gasteiger charge is -2.10. The van der Waals surface area contributed by atoms with Crippen molar-refractivity contribution in [2.24, 2.45) is 0 Å². The smallest absolute Gasteiger partial charge is 0.0953 e. The molecule has 0 aliphatic rings. The lowest BCUT2D eigenvalue weighted by atomic mass is 10.1. The van der Waals surface area contributed by atoms with Crippen molar-refractivity contribution in [3.8, 4) is 0 Å². The number of aliphatic hydroxyl groups excluding tert-OH is 1. The summed E-state index contributed by atoms with van der Waals surface area (Å²) in [6, 6.07) is 7.76. The predicted octanol–water partition coefficient (Wildman–Crippen LogP) is 2.34. The maximum atomic E-state index is 8.70. The number of pyridine rings is 1. The van der Waals surface area contributed by atoms with Gasteiger partial charge in [0.15, 0.2) is 0 Å². The van der Waals surface area contributed by atoms with E-state index in [2.05, 4.69) is 10.3 Å². The highest BCUT2D eigenvalue weighted by Crippen LogP contribution is 2.26. The van der Waals surface area contributed by atoms with E-state index in [4.69, 9.17) is 10.8 Å². The van der Waals surface area contributed by atoms with Crippen LogP contribution < -0.4 is 11.1 Å². The normalized spacial score (nSPS) is 10.8. The van der Waals surface area contributed by atoms with Gasteiger partial charge in [-0.15, -0.1) is 0 Å². The average molecular weight is 277 g/mol. The van der Waals surface area contributed by atoms with Crippen LogP contribution in [0.5, 0.6) is 0 Å². The molecule has 0 spiro atoms. The highest BCUT2D eigenvalue weighted by atomic mass is 32.2. The first kappa shape index (κ1) is 14.0. The highest BCUT2D eigenvalue weighted by Gasteiger charge is 2.04. The minimum Gasteiger partial charge on any atom is -0.398 e. The third-order valence-corrected chi connectivity index (χ3v) is 3.88. The van der Waals surface area contributed by atoms with Crippen molar-refractivity contribution in [1.82, 2.24) is 4.98 Å². The number of hydrogen-bond acceptors (Lipinski definition) is 5. The molecule has 0 aliphatic carbocycles. The largest absolute Gasteiger partial charge is 0.398 e. The van der Waals surface area contributed by atoms with Crippen LogP contribution in [-0.4, -0.2) is 34.7 Å². The molecular weight excluding hydrogens is 258 g/mol. The van der Waals surface area contributed by atoms with Crippen molar-refractivity contribution in [3.05, 3.63) is 30.5 Å². The number of benzene rings is 1. The van der Waals surface area contributed by atoms with Gasteiger partial charge < -0.3 is 16.2 Å². The highest BCUT2D eigenvalue weighted by molar-refractivity contribution is 7.99. The SMILES string of the molecule is Nc1ccc(NCCSCCCO)c2ncccc12. The van der Waals surface area contributed by atoms with Gasteiger partial charge in [-0.05, 0) is 36.4 Å². The van der Waals surface area contributed by atoms with Gasteiger partial charge in [-0.2, -0.15) is 11.8 Å². The van der Waals surface area contributed by atoms with Crippen LogP contribution in [0, 0.1) is 0 Å². The van der Waals surface area contributed by atoms with Crippen LogP contribution in [0.3, 0.4) is 0 Å². The first-order valence-electron chi connectivity index (χ1n) is 6.38. The number of nitrogens with zero attached hydrogens (tertiary/aromatic N) is 1. The summed E-state index contributed by atoms with van der Waals surface area (Å²) in [4.78, 5) is 4.39. The van der Waals surface area contributed by atoms with Gasteiger partial charge in [0.1, 0.15) is 0 Å². The molecule has 0 aliphatic heterocycles. The molecule has 5 heteroatoms. The molecule has 0 fully saturated rings. The number of nitrogen functional groups attached to an aromatic ring is 1. The van der Waals surface area contributed by atoms with Gasteiger partial charge in [0.05, 0.1) is 11.2 Å². The number of aromatic nitrogens is 1. The second-order valence-electron chi connectivity index (χ2n) is 4.22. The van der Waals surface area contributed by atoms with Crippen LogP contribution >= 0.6 is 11.8 Å². The molecule has 1 heterocycles. The number of rotatable bonds is 7. The van der Waals surface area contributed by atoms with Crippen LogP contribution in [0.25, 0.3) is 10.9 Å². The lowest BCUT2D eigenvalue weighted by molar-refractivity contribution is 0.296. The van der Waals surface area contributed by atoms with Crippen molar-refractivity contribution >= 4 is 34.0 Å². The first-order chi connectivity index (χ1) is 9.33. The number of hydrogen-bond donors (Lipinski definition) is 3. The quantitative estimate of drug-likeness (QED) is 0.535. The molecule has 4 N–H and O–H groups in total. The van der Waals surface area contributed by atoms with Gasteiger partial charge in [0.2, 0.25) is 0 Å². The molecule has 0 bridgehead atoms. The zero-order valence-electron chi connectivity index (χ0n) is 10.8. The molecule has 0 amide bonds. The fourth-order valence-corrected chi connectivity index (χ4v) is 2.65. The Labute approximate surface area is 117 Å². The van der Waals surface area contributed by atoms with Crippen LogP contribution in [0.15, 0.2) is 30.5 Å². The fraction of sp³-hybridized carbons (Fsp3) is 0.357. The van der Waals surface area contributed by atoms with E-state index in [1.54, 1.807) is 6.20 Å². The monoisotopic (exact) mass is 277 g/mol. The van der Waals surface area contributed by atoms with Crippen LogP contribution in [0.1, 0.15) is 6.42 Å². The minimum absolute atomic E-state index is 0.271. The average Bonchev–Trinajstić information content (AvgIpc) is 2.45. The van der Waals surface area contributed by atoms with E-state index in [1.807, 2.05) is 36.0 Å². The maximum absolute atomic E-state index is 8.70. The lowest BCUT2D eigenvalue weighted by Crippen LogP contribution is -2.06. The van der Waals surface area contributed by atoms with Gasteiger partial charge in [0, 0.05) is 36.2 Å². The summed E-state index contributed by atoms with van der Waals surface area (Å²) in [5.74, 6) is 2.01. The summed E-state index contributed by atoms with van der Waals surface area (Å²) < 4.78 is 0. The van der Waals surface area contributed by atoms with Crippen molar-refractivity contribution in [1.29, 1.82) is 0 Å². The third kappa shape index (κ3) is 3.75. The molecule has 2 aromatic rings. The Bertz CT molecular complexity index is 533. The molecule has 4 nitrogen and oxygen atoms in total. The van der Waals surface area contributed by atoms with Gasteiger partial charge in [0.25, 0.3) is 0 Å². The van der Waals surface area contributed by atoms with E-state index in [9.17, 15) is 0 Å². The molecule has 1 aromatic carbocycles. The van der Waals surface area contributed by atoms with Gasteiger partial charge in [-0.3, -0.25) is 4.98 Å². The number of nitrogens with one attached hydrogen (secondary N) is 1. The molecule has 0 saturated carbocycles. The van der Waals surface area contributed by atoms with E-state index in [-0.39, 0.29) is 6.61 Å². The molecule has 0 unspecified atom stereocenters. The molecule has 0 atom stereocenters. The number of aliphatic hydroxyl groups is 1. The second-order valence-corrected chi connectivity index (χ2v) is 5.44. The molecule has 102 valence electrons. The van der Waals surface area contributed by atoms with E-state index < -0.39 is 0 Å². The Morgan fingerprint density at radius 2 is 2.16 bits per heavy atom. The molecule has 19 heavy (non-hydrogen) atoms. The number of fused-ring (bicyclic) bond motifs is 1. The Hall–Kier alpha value is -1.46. The van der Waals surface area contributed by atoms with Crippen molar-refractivity contribution < 1.29 is 5.11 Å². The predicted molar refractivity (Wildman–Crippen MR) is 83.7 cm³/mol. The molecule has 2 rings (SSSR count). The summed E-state index contributed by atoms with van der Waals surface area (Å²) in [7, 11) is 0. The summed E-state index contributed by atoms with van der Waals surface area (Å²) >= 11 is 1.84. The number of nitrogens with two attached hydrogens (primary N) is 1. The summed E-state index contributed by atoms with van der Waals surface area (Å²) in [5.41, 5.74) is 8.63. The summed E-state index contributed by atoms with van der Waals surface area (Å²) in [5, 5.41) is 13.1. The Kier molecular flexibility index (Phi) is 5.30. The van der Waals surface area contributed by atoms with E-state index in [0.29, 0.717) is 0 Å². The summed E-state index contributed by atoms with van der Waals surface area (Å²) in [6.45, 7) is 1.15. The fourth-order valence-electron chi connectivity index (χ4n) is 1.86.